The van der Waals surface area contributed by atoms with Gasteiger partial charge in [-0.2, -0.15) is 4.31 Å². The van der Waals surface area contributed by atoms with Gasteiger partial charge in [0.25, 0.3) is 0 Å². The Bertz CT molecular complexity index is 1050. The van der Waals surface area contributed by atoms with E-state index in [1.54, 1.807) is 12.1 Å². The van der Waals surface area contributed by atoms with Crippen LogP contribution < -0.4 is 15.4 Å². The van der Waals surface area contributed by atoms with Crippen molar-refractivity contribution in [2.24, 2.45) is 0 Å². The number of ether oxygens (including phenoxy) is 2. The molecule has 9 nitrogen and oxygen atoms in total. The number of urea groups is 1. The molecule has 0 bridgehead atoms. The van der Waals surface area contributed by atoms with E-state index in [1.165, 1.54) is 29.6 Å². The highest BCUT2D eigenvalue weighted by atomic mass is 32.2. The maximum Gasteiger partial charge on any atom is 0.319 e. The molecule has 2 aromatic rings. The molecule has 0 aromatic heterocycles. The second-order valence-electron chi connectivity index (χ2n) is 7.86. The number of amides is 2. The number of hydrogen-bond acceptors (Lipinski definition) is 6. The van der Waals surface area contributed by atoms with Gasteiger partial charge in [0.15, 0.2) is 0 Å². The lowest BCUT2D eigenvalue weighted by atomic mass is 10.2. The van der Waals surface area contributed by atoms with E-state index in [-0.39, 0.29) is 11.4 Å². The van der Waals surface area contributed by atoms with Crippen LogP contribution in [0.3, 0.4) is 0 Å². The van der Waals surface area contributed by atoms with Crippen LogP contribution in [0.25, 0.3) is 0 Å². The number of sulfonamides is 1. The van der Waals surface area contributed by atoms with Crippen molar-refractivity contribution in [1.29, 1.82) is 0 Å². The van der Waals surface area contributed by atoms with Crippen LogP contribution in [0.15, 0.2) is 66.1 Å². The minimum atomic E-state index is -3.60. The summed E-state index contributed by atoms with van der Waals surface area (Å²) in [6, 6.07) is 13.2. The van der Waals surface area contributed by atoms with Crippen LogP contribution in [0.2, 0.25) is 0 Å². The van der Waals surface area contributed by atoms with Crippen LogP contribution in [-0.4, -0.2) is 76.7 Å². The van der Waals surface area contributed by atoms with Gasteiger partial charge in [0.05, 0.1) is 18.1 Å². The van der Waals surface area contributed by atoms with E-state index in [0.717, 1.165) is 44.2 Å². The highest BCUT2D eigenvalue weighted by molar-refractivity contribution is 7.89. The van der Waals surface area contributed by atoms with E-state index >= 15 is 0 Å². The summed E-state index contributed by atoms with van der Waals surface area (Å²) in [6.45, 7) is 8.90. The van der Waals surface area contributed by atoms with Crippen LogP contribution in [0, 0.1) is 0 Å². The standard InChI is InChI=1S/C24H32N4O5S/c1-3-11-27(2)34(30,31)23-9-7-21(8-10-23)26-24(29)25-19-20-5-4-6-22(18-20)33-17-14-28-12-15-32-16-13-28/h3-10,18H,1,11-17,19H2,2H3,(H2,25,26,29). The Morgan fingerprint density at radius 1 is 1.21 bits per heavy atom. The molecule has 2 amide bonds. The van der Waals surface area contributed by atoms with Gasteiger partial charge in [-0.05, 0) is 42.0 Å². The molecular weight excluding hydrogens is 456 g/mol. The Morgan fingerprint density at radius 2 is 1.94 bits per heavy atom. The van der Waals surface area contributed by atoms with Gasteiger partial charge in [-0.15, -0.1) is 6.58 Å². The predicted octanol–water partition coefficient (Wildman–Crippen LogP) is 2.53. The monoisotopic (exact) mass is 488 g/mol. The maximum absolute atomic E-state index is 12.4. The Hall–Kier alpha value is -2.92. The first-order valence-electron chi connectivity index (χ1n) is 11.1. The van der Waals surface area contributed by atoms with Gasteiger partial charge in [0.2, 0.25) is 10.0 Å². The smallest absolute Gasteiger partial charge is 0.319 e. The Morgan fingerprint density at radius 3 is 2.65 bits per heavy atom. The number of likely N-dealkylation sites (N-methyl/N-ethyl adjacent to an activating group) is 1. The molecule has 2 N–H and O–H groups in total. The summed E-state index contributed by atoms with van der Waals surface area (Å²) in [5, 5.41) is 5.51. The number of carbonyl (C=O) groups is 1. The lowest BCUT2D eigenvalue weighted by molar-refractivity contribution is 0.0322. The number of carbonyl (C=O) groups excluding carboxylic acids is 1. The lowest BCUT2D eigenvalue weighted by Gasteiger charge is -2.26. The van der Waals surface area contributed by atoms with Crippen molar-refractivity contribution >= 4 is 21.7 Å². The van der Waals surface area contributed by atoms with Crippen molar-refractivity contribution in [3.05, 3.63) is 66.7 Å². The Labute approximate surface area is 201 Å². The highest BCUT2D eigenvalue weighted by Gasteiger charge is 2.19. The van der Waals surface area contributed by atoms with Gasteiger partial charge in [0.1, 0.15) is 12.4 Å². The summed E-state index contributed by atoms with van der Waals surface area (Å²) in [5.74, 6) is 0.756. The number of rotatable bonds is 11. The van der Waals surface area contributed by atoms with Gasteiger partial charge in [0, 0.05) is 45.5 Å². The van der Waals surface area contributed by atoms with Gasteiger partial charge in [-0.25, -0.2) is 13.2 Å². The van der Waals surface area contributed by atoms with Crippen molar-refractivity contribution in [2.75, 3.05) is 58.4 Å². The summed E-state index contributed by atoms with van der Waals surface area (Å²) >= 11 is 0. The van der Waals surface area contributed by atoms with Crippen molar-refractivity contribution in [2.45, 2.75) is 11.4 Å². The maximum atomic E-state index is 12.4. The first-order chi connectivity index (χ1) is 16.4. The van der Waals surface area contributed by atoms with E-state index < -0.39 is 16.1 Å². The van der Waals surface area contributed by atoms with Crippen LogP contribution in [0.1, 0.15) is 5.56 Å². The van der Waals surface area contributed by atoms with Gasteiger partial charge in [-0.1, -0.05) is 18.2 Å². The number of morpholine rings is 1. The summed E-state index contributed by atoms with van der Waals surface area (Å²) in [7, 11) is -2.11. The zero-order valence-corrected chi connectivity index (χ0v) is 20.2. The number of nitrogens with one attached hydrogen (secondary N) is 2. The Kier molecular flexibility index (Phi) is 9.46. The number of nitrogens with zero attached hydrogens (tertiary/aromatic N) is 2. The van der Waals surface area contributed by atoms with E-state index in [1.807, 2.05) is 24.3 Å². The summed E-state index contributed by atoms with van der Waals surface area (Å²) in [5.41, 5.74) is 1.40. The third kappa shape index (κ3) is 7.56. The van der Waals surface area contributed by atoms with Gasteiger partial charge < -0.3 is 20.1 Å². The highest BCUT2D eigenvalue weighted by Crippen LogP contribution is 2.18. The Balaban J connectivity index is 1.45. The molecule has 2 aromatic carbocycles. The largest absolute Gasteiger partial charge is 0.492 e. The molecule has 0 unspecified atom stereocenters. The molecule has 184 valence electrons. The average Bonchev–Trinajstić information content (AvgIpc) is 2.84. The van der Waals surface area contributed by atoms with Crippen LogP contribution in [0.5, 0.6) is 5.75 Å². The molecule has 1 heterocycles. The molecule has 0 spiro atoms. The summed E-state index contributed by atoms with van der Waals surface area (Å²) in [4.78, 5) is 14.7. The molecule has 0 radical (unpaired) electrons. The van der Waals surface area contributed by atoms with Crippen LogP contribution in [0.4, 0.5) is 10.5 Å². The van der Waals surface area contributed by atoms with Gasteiger partial charge in [-0.3, -0.25) is 4.90 Å². The molecule has 3 rings (SSSR count). The fraction of sp³-hybridized carbons (Fsp3) is 0.375. The van der Waals surface area contributed by atoms with Crippen molar-refractivity contribution in [3.8, 4) is 5.75 Å². The first kappa shape index (κ1) is 25.7. The molecule has 1 saturated heterocycles. The molecule has 34 heavy (non-hydrogen) atoms. The second kappa shape index (κ2) is 12.5. The summed E-state index contributed by atoms with van der Waals surface area (Å²) < 4.78 is 37.3. The summed E-state index contributed by atoms with van der Waals surface area (Å²) in [6.07, 6.45) is 1.52. The molecule has 1 aliphatic heterocycles. The van der Waals surface area contributed by atoms with E-state index in [9.17, 15) is 13.2 Å². The SMILES string of the molecule is C=CCN(C)S(=O)(=O)c1ccc(NC(=O)NCc2cccc(OCCN3CCOCC3)c2)cc1. The molecule has 0 atom stereocenters. The van der Waals surface area contributed by atoms with E-state index in [0.29, 0.717) is 18.8 Å². The molecule has 10 heteroatoms. The quantitative estimate of drug-likeness (QED) is 0.472. The minimum absolute atomic E-state index is 0.147. The predicted molar refractivity (Wildman–Crippen MR) is 132 cm³/mol. The van der Waals surface area contributed by atoms with E-state index in [2.05, 4.69) is 22.1 Å². The minimum Gasteiger partial charge on any atom is -0.492 e. The number of anilines is 1. The second-order valence-corrected chi connectivity index (χ2v) is 9.90. The van der Waals surface area contributed by atoms with Crippen molar-refractivity contribution in [3.63, 3.8) is 0 Å². The van der Waals surface area contributed by atoms with Crippen LogP contribution in [-0.2, 0) is 21.3 Å². The normalized spacial score (nSPS) is 14.5. The fourth-order valence-electron chi connectivity index (χ4n) is 3.39. The number of benzene rings is 2. The van der Waals surface area contributed by atoms with E-state index in [4.69, 9.17) is 9.47 Å². The molecule has 1 fully saturated rings. The topological polar surface area (TPSA) is 100 Å². The lowest BCUT2D eigenvalue weighted by Crippen LogP contribution is -2.38. The fourth-order valence-corrected chi connectivity index (χ4v) is 4.53. The van der Waals surface area contributed by atoms with Gasteiger partial charge >= 0.3 is 6.03 Å². The molecule has 1 aliphatic rings. The molecule has 0 saturated carbocycles. The van der Waals surface area contributed by atoms with Crippen molar-refractivity contribution < 1.29 is 22.7 Å². The van der Waals surface area contributed by atoms with Crippen molar-refractivity contribution in [1.82, 2.24) is 14.5 Å². The zero-order chi connectivity index (χ0) is 24.4. The van der Waals surface area contributed by atoms with Crippen LogP contribution >= 0.6 is 0 Å². The molecular formula is C24H32N4O5S. The first-order valence-corrected chi connectivity index (χ1v) is 12.6. The number of hydrogen-bond donors (Lipinski definition) is 2. The third-order valence-corrected chi connectivity index (χ3v) is 7.18. The average molecular weight is 489 g/mol. The third-order valence-electron chi connectivity index (χ3n) is 5.34. The zero-order valence-electron chi connectivity index (χ0n) is 19.4. The molecule has 0 aliphatic carbocycles.